The Hall–Kier alpha value is -1.91. The molecule has 5 nitrogen and oxygen atoms in total. The Kier molecular flexibility index (Phi) is 3.60. The third kappa shape index (κ3) is 4.08. The molecule has 86 valence electrons. The van der Waals surface area contributed by atoms with Crippen LogP contribution in [0.15, 0.2) is 18.7 Å². The zero-order valence-corrected chi connectivity index (χ0v) is 9.65. The van der Waals surface area contributed by atoms with Crippen molar-refractivity contribution < 1.29 is 9.53 Å². The number of carbonyl (C=O) groups excluding carboxylic acids is 1. The maximum Gasteiger partial charge on any atom is 0.413 e. The van der Waals surface area contributed by atoms with E-state index >= 15 is 0 Å². The summed E-state index contributed by atoms with van der Waals surface area (Å²) in [5, 5.41) is 10.1. The standard InChI is InChI=1S/C11H15N3O2/c1-5-8-6-7-9(14-13-8)12-10(15)16-11(2,3)4/h5-7H,1H2,2-4H3,(H,12,14,15). The number of amides is 1. The zero-order chi connectivity index (χ0) is 12.2. The molecule has 0 aliphatic carbocycles. The average molecular weight is 221 g/mol. The normalized spacial score (nSPS) is 10.7. The van der Waals surface area contributed by atoms with Gasteiger partial charge >= 0.3 is 6.09 Å². The van der Waals surface area contributed by atoms with E-state index in [4.69, 9.17) is 4.74 Å². The second-order valence-electron chi connectivity index (χ2n) is 4.17. The molecule has 0 spiro atoms. The first-order valence-corrected chi connectivity index (χ1v) is 4.87. The fourth-order valence-corrected chi connectivity index (χ4v) is 0.926. The molecule has 0 fully saturated rings. The lowest BCUT2D eigenvalue weighted by atomic mass is 10.2. The topological polar surface area (TPSA) is 64.1 Å². The smallest absolute Gasteiger partial charge is 0.413 e. The number of carbonyl (C=O) groups is 1. The van der Waals surface area contributed by atoms with Gasteiger partial charge in [0, 0.05) is 0 Å². The van der Waals surface area contributed by atoms with E-state index in [-0.39, 0.29) is 0 Å². The van der Waals surface area contributed by atoms with Crippen molar-refractivity contribution >= 4 is 18.0 Å². The van der Waals surface area contributed by atoms with Crippen LogP contribution in [0.2, 0.25) is 0 Å². The first-order chi connectivity index (χ1) is 7.40. The molecule has 0 unspecified atom stereocenters. The quantitative estimate of drug-likeness (QED) is 0.833. The van der Waals surface area contributed by atoms with Crippen LogP contribution in [0.5, 0.6) is 0 Å². The van der Waals surface area contributed by atoms with Gasteiger partial charge in [0.15, 0.2) is 5.82 Å². The van der Waals surface area contributed by atoms with Crippen LogP contribution >= 0.6 is 0 Å². The Bertz CT molecular complexity index is 379. The first-order valence-electron chi connectivity index (χ1n) is 4.87. The molecule has 5 heteroatoms. The monoisotopic (exact) mass is 221 g/mol. The van der Waals surface area contributed by atoms with E-state index in [1.165, 1.54) is 0 Å². The lowest BCUT2D eigenvalue weighted by Gasteiger charge is -2.19. The van der Waals surface area contributed by atoms with Crippen molar-refractivity contribution in [3.05, 3.63) is 24.4 Å². The van der Waals surface area contributed by atoms with Crippen molar-refractivity contribution in [1.82, 2.24) is 10.2 Å². The number of hydrogen-bond acceptors (Lipinski definition) is 4. The first kappa shape index (κ1) is 12.2. The Balaban J connectivity index is 2.59. The minimum absolute atomic E-state index is 0.347. The van der Waals surface area contributed by atoms with E-state index in [0.29, 0.717) is 11.5 Å². The van der Waals surface area contributed by atoms with E-state index < -0.39 is 11.7 Å². The van der Waals surface area contributed by atoms with Crippen LogP contribution in [0.4, 0.5) is 10.6 Å². The third-order valence-corrected chi connectivity index (χ3v) is 1.52. The van der Waals surface area contributed by atoms with E-state index in [1.807, 2.05) is 0 Å². The summed E-state index contributed by atoms with van der Waals surface area (Å²) < 4.78 is 5.06. The molecule has 0 saturated heterocycles. The highest BCUT2D eigenvalue weighted by atomic mass is 16.6. The summed E-state index contributed by atoms with van der Waals surface area (Å²) >= 11 is 0. The highest BCUT2D eigenvalue weighted by Gasteiger charge is 2.16. The predicted molar refractivity (Wildman–Crippen MR) is 62.0 cm³/mol. The second-order valence-corrected chi connectivity index (χ2v) is 4.17. The van der Waals surface area contributed by atoms with Crippen molar-refractivity contribution in [3.8, 4) is 0 Å². The molecule has 16 heavy (non-hydrogen) atoms. The van der Waals surface area contributed by atoms with Crippen molar-refractivity contribution in [2.75, 3.05) is 5.32 Å². The van der Waals surface area contributed by atoms with Gasteiger partial charge < -0.3 is 4.74 Å². The van der Waals surface area contributed by atoms with Gasteiger partial charge in [-0.2, -0.15) is 0 Å². The molecule has 1 amide bonds. The molecule has 0 bridgehead atoms. The van der Waals surface area contributed by atoms with Crippen LogP contribution in [-0.2, 0) is 4.74 Å². The largest absolute Gasteiger partial charge is 0.444 e. The van der Waals surface area contributed by atoms with Crippen LogP contribution in [0.1, 0.15) is 26.5 Å². The molecule has 0 atom stereocenters. The number of nitrogens with one attached hydrogen (secondary N) is 1. The Morgan fingerprint density at radius 1 is 1.44 bits per heavy atom. The van der Waals surface area contributed by atoms with Gasteiger partial charge in [0.1, 0.15) is 5.60 Å². The van der Waals surface area contributed by atoms with Crippen molar-refractivity contribution in [1.29, 1.82) is 0 Å². The molecule has 0 aromatic carbocycles. The van der Waals surface area contributed by atoms with Crippen molar-refractivity contribution in [3.63, 3.8) is 0 Å². The Labute approximate surface area is 94.5 Å². The summed E-state index contributed by atoms with van der Waals surface area (Å²) in [5.41, 5.74) is 0.119. The lowest BCUT2D eigenvalue weighted by molar-refractivity contribution is 0.0635. The summed E-state index contributed by atoms with van der Waals surface area (Å²) in [6, 6.07) is 3.33. The maximum atomic E-state index is 11.4. The van der Waals surface area contributed by atoms with Gasteiger partial charge in [-0.3, -0.25) is 5.32 Å². The third-order valence-electron chi connectivity index (χ3n) is 1.52. The molecule has 1 rings (SSSR count). The van der Waals surface area contributed by atoms with E-state index in [9.17, 15) is 4.79 Å². The molecule has 0 aliphatic heterocycles. The molecular formula is C11H15N3O2. The lowest BCUT2D eigenvalue weighted by Crippen LogP contribution is -2.27. The number of hydrogen-bond donors (Lipinski definition) is 1. The number of nitrogens with zero attached hydrogens (tertiary/aromatic N) is 2. The van der Waals surface area contributed by atoms with Crippen molar-refractivity contribution in [2.45, 2.75) is 26.4 Å². The summed E-state index contributed by atoms with van der Waals surface area (Å²) in [6.45, 7) is 8.93. The number of ether oxygens (including phenoxy) is 1. The van der Waals surface area contributed by atoms with E-state index in [2.05, 4.69) is 22.1 Å². The zero-order valence-electron chi connectivity index (χ0n) is 9.65. The molecule has 0 saturated carbocycles. The highest BCUT2D eigenvalue weighted by Crippen LogP contribution is 2.09. The van der Waals surface area contributed by atoms with Gasteiger partial charge in [0.2, 0.25) is 0 Å². The Morgan fingerprint density at radius 2 is 2.12 bits per heavy atom. The minimum Gasteiger partial charge on any atom is -0.444 e. The van der Waals surface area contributed by atoms with E-state index in [0.717, 1.165) is 0 Å². The molecule has 1 N–H and O–H groups in total. The summed E-state index contributed by atoms with van der Waals surface area (Å²) in [4.78, 5) is 11.4. The molecule has 1 heterocycles. The molecule has 0 aliphatic rings. The number of anilines is 1. The van der Waals surface area contributed by atoms with Crippen molar-refractivity contribution in [2.24, 2.45) is 0 Å². The Morgan fingerprint density at radius 3 is 2.56 bits per heavy atom. The molecular weight excluding hydrogens is 206 g/mol. The summed E-state index contributed by atoms with van der Waals surface area (Å²) in [5.74, 6) is 0.347. The van der Waals surface area contributed by atoms with Crippen LogP contribution in [0.3, 0.4) is 0 Å². The minimum atomic E-state index is -0.548. The van der Waals surface area contributed by atoms with Crippen LogP contribution in [0.25, 0.3) is 6.08 Å². The van der Waals surface area contributed by atoms with Gasteiger partial charge in [-0.1, -0.05) is 6.58 Å². The van der Waals surface area contributed by atoms with Gasteiger partial charge in [-0.25, -0.2) is 4.79 Å². The summed E-state index contributed by atoms with van der Waals surface area (Å²) in [7, 11) is 0. The number of rotatable bonds is 2. The van der Waals surface area contributed by atoms with Crippen LogP contribution in [-0.4, -0.2) is 21.9 Å². The van der Waals surface area contributed by atoms with Gasteiger partial charge in [-0.15, -0.1) is 10.2 Å². The van der Waals surface area contributed by atoms with Crippen LogP contribution in [0, 0.1) is 0 Å². The van der Waals surface area contributed by atoms with Crippen LogP contribution < -0.4 is 5.32 Å². The fraction of sp³-hybridized carbons (Fsp3) is 0.364. The van der Waals surface area contributed by atoms with Gasteiger partial charge in [0.25, 0.3) is 0 Å². The van der Waals surface area contributed by atoms with Gasteiger partial charge in [-0.05, 0) is 39.0 Å². The molecule has 1 aromatic rings. The second kappa shape index (κ2) is 4.74. The predicted octanol–water partition coefficient (Wildman–Crippen LogP) is 2.47. The highest BCUT2D eigenvalue weighted by molar-refractivity contribution is 5.83. The SMILES string of the molecule is C=Cc1ccc(NC(=O)OC(C)(C)C)nn1. The fourth-order valence-electron chi connectivity index (χ4n) is 0.926. The maximum absolute atomic E-state index is 11.4. The van der Waals surface area contributed by atoms with E-state index in [1.54, 1.807) is 39.0 Å². The number of aromatic nitrogens is 2. The summed E-state index contributed by atoms with van der Waals surface area (Å²) in [6.07, 6.45) is 1.03. The van der Waals surface area contributed by atoms with Gasteiger partial charge in [0.05, 0.1) is 5.69 Å². The molecule has 1 aromatic heterocycles. The molecule has 0 radical (unpaired) electrons. The average Bonchev–Trinajstić information content (AvgIpc) is 2.16.